The summed E-state index contributed by atoms with van der Waals surface area (Å²) in [5.41, 5.74) is 6.18. The summed E-state index contributed by atoms with van der Waals surface area (Å²) in [6, 6.07) is 11.8. The number of carbonyl (C=O) groups is 3. The molecule has 0 radical (unpaired) electrons. The number of carboxylic acids is 1. The van der Waals surface area contributed by atoms with Gasteiger partial charge in [-0.15, -0.1) is 0 Å². The Morgan fingerprint density at radius 2 is 1.67 bits per heavy atom. The number of nitrogens with two attached hydrogens (primary N) is 1. The summed E-state index contributed by atoms with van der Waals surface area (Å²) in [4.78, 5) is 101. The number of anilines is 1. The molecular formula is C34H32N7O19P3S. The number of ether oxygens (including phenoxy) is 2. The number of phosphoric ester groups is 1. The van der Waals surface area contributed by atoms with Crippen molar-refractivity contribution in [2.75, 3.05) is 25.4 Å². The van der Waals surface area contributed by atoms with Crippen molar-refractivity contribution >= 4 is 80.1 Å². The number of phosphoric acid groups is 2. The highest BCUT2D eigenvalue weighted by Gasteiger charge is 2.49. The number of alkyl carbamates (subject to hydrolysis) is 1. The molecule has 2 amide bonds. The topological polar surface area (TPSA) is 397 Å². The molecule has 1 fully saturated rings. The second kappa shape index (κ2) is 18.0. The number of aliphatic hydroxyl groups excluding tert-OH is 1. The minimum Gasteiger partial charge on any atom is -0.508 e. The van der Waals surface area contributed by atoms with Gasteiger partial charge in [0.2, 0.25) is 0 Å². The molecule has 2 aliphatic heterocycles. The smallest absolute Gasteiger partial charge is 0.488 e. The van der Waals surface area contributed by atoms with Gasteiger partial charge in [0.1, 0.15) is 41.1 Å². The molecule has 4 aromatic rings. The first kappa shape index (κ1) is 46.2. The standard InChI is InChI=1S/C34H32N7O19P3S/c35-29-26-30(39-13-38-29)41(14-40-26)32-27(44)28(24(57-32)12-55-61(49,50)59-62(51,52)60-63(53,54)64)58-34(48)37-8-7-36-31(45)15-1-4-18(33(46)47)21(9-15)25-19-5-2-16(42)10-22(19)56-23-11-17(43)3-6-20(23)25/h1-6,9-11,13-14,24,27-28,32,42,44H,7-8,12H2,(H,36,45)(H,37,48)(H,46,47)(H,49,50)(H,51,52)(H2,35,38,39)(H2,53,54,64)/t24-,27-,28-,32-/m1/s1. The Bertz CT molecular complexity index is 3000. The number of aromatic nitrogens is 4. The molecule has 2 aromatic heterocycles. The van der Waals surface area contributed by atoms with Gasteiger partial charge in [0, 0.05) is 47.3 Å². The van der Waals surface area contributed by atoms with Crippen LogP contribution in [-0.4, -0.2) is 110 Å². The van der Waals surface area contributed by atoms with Gasteiger partial charge in [-0.1, -0.05) is 0 Å². The van der Waals surface area contributed by atoms with Gasteiger partial charge in [-0.3, -0.25) is 18.7 Å². The van der Waals surface area contributed by atoms with Crippen LogP contribution in [0.1, 0.15) is 26.9 Å². The first-order valence-electron chi connectivity index (χ1n) is 17.9. The number of carbonyl (C=O) groups excluding carboxylic acids is 2. The number of hydrogen-bond acceptors (Lipinski definition) is 19. The maximum atomic E-state index is 13.4. The number of hydrogen-bond donors (Lipinski definition) is 10. The Balaban J connectivity index is 1.05. The van der Waals surface area contributed by atoms with Crippen molar-refractivity contribution < 1.29 is 85.4 Å². The normalized spacial score (nSPS) is 19.6. The lowest BCUT2D eigenvalue weighted by Crippen LogP contribution is -2.42. The lowest BCUT2D eigenvalue weighted by molar-refractivity contribution is -0.0508. The number of nitrogens with zero attached hydrogens (tertiary/aromatic N) is 4. The minimum absolute atomic E-state index is 0.0184. The maximum absolute atomic E-state index is 13.4. The van der Waals surface area contributed by atoms with E-state index in [1.165, 1.54) is 59.2 Å². The van der Waals surface area contributed by atoms with Crippen LogP contribution in [0, 0.1) is 0 Å². The summed E-state index contributed by atoms with van der Waals surface area (Å²) in [6.07, 6.45) is -5.71. The molecule has 2 aromatic carbocycles. The van der Waals surface area contributed by atoms with Crippen LogP contribution in [0.4, 0.5) is 10.6 Å². The van der Waals surface area contributed by atoms with Crippen molar-refractivity contribution in [2.24, 2.45) is 0 Å². The van der Waals surface area contributed by atoms with Crippen molar-refractivity contribution in [3.05, 3.63) is 88.6 Å². The van der Waals surface area contributed by atoms with E-state index in [0.29, 0.717) is 16.5 Å². The van der Waals surface area contributed by atoms with Gasteiger partial charge in [0.15, 0.2) is 29.2 Å². The van der Waals surface area contributed by atoms with Gasteiger partial charge >= 0.3 is 34.4 Å². The number of rotatable bonds is 15. The van der Waals surface area contributed by atoms with E-state index in [2.05, 4.69) is 46.0 Å². The highest BCUT2D eigenvalue weighted by Crippen LogP contribution is 2.66. The van der Waals surface area contributed by atoms with Gasteiger partial charge in [-0.25, -0.2) is 38.0 Å². The number of amides is 2. The highest BCUT2D eigenvalue weighted by molar-refractivity contribution is 8.08. The van der Waals surface area contributed by atoms with E-state index in [4.69, 9.17) is 33.9 Å². The van der Waals surface area contributed by atoms with Crippen LogP contribution in [-0.2, 0) is 43.6 Å². The molecule has 0 bridgehead atoms. The van der Waals surface area contributed by atoms with Gasteiger partial charge in [-0.05, 0) is 59.8 Å². The third-order valence-electron chi connectivity index (χ3n) is 9.17. The van der Waals surface area contributed by atoms with Crippen LogP contribution in [0.15, 0.2) is 76.5 Å². The third kappa shape index (κ3) is 10.3. The van der Waals surface area contributed by atoms with Gasteiger partial charge < -0.3 is 65.2 Å². The quantitative estimate of drug-likeness (QED) is 0.0399. The number of aliphatic hydroxyl groups is 1. The van der Waals surface area contributed by atoms with Crippen molar-refractivity contribution in [1.82, 2.24) is 30.2 Å². The Kier molecular flexibility index (Phi) is 13.0. The third-order valence-corrected chi connectivity index (χ3v) is 13.6. The average Bonchev–Trinajstić information content (AvgIpc) is 3.76. The molecule has 6 atom stereocenters. The molecule has 1 saturated heterocycles. The molecule has 4 heterocycles. The van der Waals surface area contributed by atoms with Crippen LogP contribution in [0.25, 0.3) is 44.6 Å². The predicted octanol–water partition coefficient (Wildman–Crippen LogP) is 1.93. The average molecular weight is 968 g/mol. The van der Waals surface area contributed by atoms with Crippen LogP contribution in [0.5, 0.6) is 5.75 Å². The summed E-state index contributed by atoms with van der Waals surface area (Å²) in [7, 11) is -11.3. The molecular weight excluding hydrogens is 935 g/mol. The first-order valence-corrected chi connectivity index (χ1v) is 23.6. The monoisotopic (exact) mass is 967 g/mol. The SMILES string of the molecule is Nc1ncnc2c1ncn2[C@@H]1O[C@H](COP(=O)(O)OP(=O)(O)OP(O)(O)=S)[C@@H](OC(=O)NCCNC(=O)c2ccc(C(=O)O)c(-c3c4ccc(=O)cc-4oc4cc(O)ccc34)c2)[C@H]1O. The van der Waals surface area contributed by atoms with Gasteiger partial charge in [0.05, 0.1) is 18.5 Å². The molecule has 11 N–H and O–H groups in total. The van der Waals surface area contributed by atoms with Gasteiger partial charge in [0.25, 0.3) is 5.91 Å². The van der Waals surface area contributed by atoms with Crippen molar-refractivity contribution in [1.29, 1.82) is 0 Å². The number of fused-ring (bicyclic) bond motifs is 3. The van der Waals surface area contributed by atoms with Crippen LogP contribution < -0.4 is 21.8 Å². The lowest BCUT2D eigenvalue weighted by atomic mass is 9.89. The molecule has 30 heteroatoms. The zero-order valence-electron chi connectivity index (χ0n) is 31.9. The van der Waals surface area contributed by atoms with Crippen molar-refractivity contribution in [2.45, 2.75) is 24.5 Å². The number of aromatic carboxylic acids is 1. The molecule has 64 heavy (non-hydrogen) atoms. The van der Waals surface area contributed by atoms with Crippen molar-refractivity contribution in [3.63, 3.8) is 0 Å². The Morgan fingerprint density at radius 3 is 2.41 bits per heavy atom. The second-order valence-corrected chi connectivity index (χ2v) is 19.3. The molecule has 7 rings (SSSR count). The molecule has 2 unspecified atom stereocenters. The largest absolute Gasteiger partial charge is 0.508 e. The van der Waals surface area contributed by atoms with Gasteiger partial charge in [-0.2, -0.15) is 4.31 Å². The van der Waals surface area contributed by atoms with E-state index in [9.17, 15) is 53.4 Å². The number of nitrogen functional groups attached to an aromatic ring is 1. The lowest BCUT2D eigenvalue weighted by Gasteiger charge is -2.22. The number of imidazole rings is 1. The first-order chi connectivity index (χ1) is 30.1. The highest BCUT2D eigenvalue weighted by atomic mass is 32.5. The molecule has 338 valence electrons. The zero-order valence-corrected chi connectivity index (χ0v) is 35.4. The van der Waals surface area contributed by atoms with E-state index in [0.717, 1.165) is 12.7 Å². The van der Waals surface area contributed by atoms with E-state index in [1.807, 2.05) is 0 Å². The number of phenols is 1. The summed E-state index contributed by atoms with van der Waals surface area (Å²) < 4.78 is 55.4. The van der Waals surface area contributed by atoms with Crippen molar-refractivity contribution in [3.8, 4) is 28.2 Å². The van der Waals surface area contributed by atoms with Crippen LogP contribution >= 0.6 is 22.4 Å². The van der Waals surface area contributed by atoms with E-state index >= 15 is 0 Å². The fraction of sp³-hybridized carbons (Fsp3) is 0.206. The summed E-state index contributed by atoms with van der Waals surface area (Å²) in [5.74, 6) is -2.18. The Morgan fingerprint density at radius 1 is 0.922 bits per heavy atom. The van der Waals surface area contributed by atoms with E-state index in [1.54, 1.807) is 0 Å². The number of aromatic hydroxyl groups is 1. The van der Waals surface area contributed by atoms with Crippen LogP contribution in [0.2, 0.25) is 0 Å². The molecule has 1 aliphatic carbocycles. The fourth-order valence-corrected chi connectivity index (χ4v) is 10.4. The second-order valence-electron chi connectivity index (χ2n) is 13.5. The number of benzene rings is 3. The Hall–Kier alpha value is -5.76. The van der Waals surface area contributed by atoms with Crippen LogP contribution in [0.3, 0.4) is 0 Å². The minimum atomic E-state index is -5.71. The number of nitrogens with one attached hydrogen (secondary N) is 2. The molecule has 3 aliphatic rings. The maximum Gasteiger partial charge on any atom is 0.488 e. The van der Waals surface area contributed by atoms with E-state index in [-0.39, 0.29) is 63.9 Å². The number of phenolic OH excluding ortho intramolecular Hbond substituents is 1. The fourth-order valence-electron chi connectivity index (χ4n) is 6.59. The summed E-state index contributed by atoms with van der Waals surface area (Å²) in [5, 5.41) is 36.8. The molecule has 26 nitrogen and oxygen atoms in total. The molecule has 0 saturated carbocycles. The van der Waals surface area contributed by atoms with E-state index < -0.39 is 76.9 Å². The summed E-state index contributed by atoms with van der Waals surface area (Å²) >= 11 is 4.07. The predicted molar refractivity (Wildman–Crippen MR) is 220 cm³/mol. The zero-order chi connectivity index (χ0) is 46.3. The number of carboxylic acid groups (broad SMARTS) is 1. The Labute approximate surface area is 361 Å². The summed E-state index contributed by atoms with van der Waals surface area (Å²) in [6.45, 7) is -6.54. The molecule has 0 spiro atoms.